The number of hydrogen-bond donors (Lipinski definition) is 2. The number of carbonyl (C=O) groups is 2. The largest absolute Gasteiger partial charge is 0.496 e. The van der Waals surface area contributed by atoms with Crippen molar-refractivity contribution >= 4 is 27.8 Å². The Kier molecular flexibility index (Phi) is 4.88. The van der Waals surface area contributed by atoms with Crippen LogP contribution in [0.4, 0.5) is 0 Å². The Balaban J connectivity index is 2.19. The van der Waals surface area contributed by atoms with Gasteiger partial charge in [-0.05, 0) is 47.0 Å². The van der Waals surface area contributed by atoms with Crippen molar-refractivity contribution in [2.75, 3.05) is 7.11 Å². The molecule has 2 rings (SSSR count). The lowest BCUT2D eigenvalue weighted by atomic mass is 9.81. The predicted molar refractivity (Wildman–Crippen MR) is 81.6 cm³/mol. The summed E-state index contributed by atoms with van der Waals surface area (Å²) in [7, 11) is 1.54. The average Bonchev–Trinajstić information content (AvgIpc) is 2.47. The number of aliphatic carboxylic acids is 1. The molecule has 0 bridgehead atoms. The van der Waals surface area contributed by atoms with Crippen molar-refractivity contribution in [3.05, 3.63) is 28.2 Å². The monoisotopic (exact) mass is 355 g/mol. The molecule has 1 aromatic rings. The first-order chi connectivity index (χ1) is 9.98. The molecule has 0 radical (unpaired) electrons. The first-order valence-electron chi connectivity index (χ1n) is 6.88. The molecule has 0 atom stereocenters. The second kappa shape index (κ2) is 6.47. The number of halogens is 1. The van der Waals surface area contributed by atoms with Crippen LogP contribution in [0.2, 0.25) is 0 Å². The van der Waals surface area contributed by atoms with Gasteiger partial charge in [0.05, 0.1) is 11.6 Å². The summed E-state index contributed by atoms with van der Waals surface area (Å²) in [6.07, 6.45) is 3.60. The van der Waals surface area contributed by atoms with Crippen LogP contribution in [0.25, 0.3) is 0 Å². The fourth-order valence-corrected chi connectivity index (χ4v) is 3.19. The number of nitrogens with one attached hydrogen (secondary N) is 1. The third kappa shape index (κ3) is 3.37. The van der Waals surface area contributed by atoms with E-state index in [0.29, 0.717) is 28.6 Å². The molecular formula is C15H18BrNO4. The summed E-state index contributed by atoms with van der Waals surface area (Å²) >= 11 is 3.32. The number of hydrogen-bond acceptors (Lipinski definition) is 3. The Hall–Kier alpha value is -1.56. The van der Waals surface area contributed by atoms with Crippen LogP contribution in [0.3, 0.4) is 0 Å². The molecule has 0 spiro atoms. The molecule has 0 heterocycles. The summed E-state index contributed by atoms with van der Waals surface area (Å²) < 4.78 is 5.77. The highest BCUT2D eigenvalue weighted by molar-refractivity contribution is 9.10. The minimum Gasteiger partial charge on any atom is -0.496 e. The second-order valence-electron chi connectivity index (χ2n) is 5.25. The highest BCUT2D eigenvalue weighted by atomic mass is 79.9. The van der Waals surface area contributed by atoms with Crippen LogP contribution >= 0.6 is 15.9 Å². The van der Waals surface area contributed by atoms with E-state index in [4.69, 9.17) is 4.74 Å². The lowest BCUT2D eigenvalue weighted by Gasteiger charge is -2.34. The van der Waals surface area contributed by atoms with E-state index in [-0.39, 0.29) is 5.91 Å². The summed E-state index contributed by atoms with van der Waals surface area (Å²) in [4.78, 5) is 23.9. The van der Waals surface area contributed by atoms with Gasteiger partial charge in [-0.3, -0.25) is 4.79 Å². The van der Waals surface area contributed by atoms with Gasteiger partial charge in [0, 0.05) is 5.56 Å². The lowest BCUT2D eigenvalue weighted by Crippen LogP contribution is -2.55. The van der Waals surface area contributed by atoms with E-state index in [9.17, 15) is 14.7 Å². The van der Waals surface area contributed by atoms with Gasteiger partial charge in [-0.15, -0.1) is 0 Å². The summed E-state index contributed by atoms with van der Waals surface area (Å²) in [5.41, 5.74) is -0.726. The van der Waals surface area contributed by atoms with E-state index in [1.54, 1.807) is 25.3 Å². The van der Waals surface area contributed by atoms with Crippen molar-refractivity contribution in [2.45, 2.75) is 37.6 Å². The SMILES string of the molecule is COc1ccc(C(=O)NC2(C(=O)O)CCCCC2)cc1Br. The molecular weight excluding hydrogens is 338 g/mol. The zero-order valence-corrected chi connectivity index (χ0v) is 13.4. The number of ether oxygens (including phenoxy) is 1. The standard InChI is InChI=1S/C15H18BrNO4/c1-21-12-6-5-10(9-11(12)16)13(18)17-15(14(19)20)7-3-2-4-8-15/h5-6,9H,2-4,7-8H2,1H3,(H,17,18)(H,19,20). The van der Waals surface area contributed by atoms with Crippen molar-refractivity contribution in [2.24, 2.45) is 0 Å². The first-order valence-corrected chi connectivity index (χ1v) is 7.67. The third-order valence-electron chi connectivity index (χ3n) is 3.88. The fourth-order valence-electron chi connectivity index (χ4n) is 2.64. The molecule has 1 aliphatic rings. The quantitative estimate of drug-likeness (QED) is 0.870. The predicted octanol–water partition coefficient (Wildman–Crippen LogP) is 2.98. The van der Waals surface area contributed by atoms with Crippen molar-refractivity contribution in [1.82, 2.24) is 5.32 Å². The molecule has 21 heavy (non-hydrogen) atoms. The highest BCUT2D eigenvalue weighted by Gasteiger charge is 2.41. The van der Waals surface area contributed by atoms with Gasteiger partial charge >= 0.3 is 5.97 Å². The molecule has 0 aliphatic heterocycles. The van der Waals surface area contributed by atoms with E-state index in [1.807, 2.05) is 0 Å². The summed E-state index contributed by atoms with van der Waals surface area (Å²) in [5.74, 6) is -0.706. The fraction of sp³-hybridized carbons (Fsp3) is 0.467. The molecule has 114 valence electrons. The molecule has 0 unspecified atom stereocenters. The molecule has 2 N–H and O–H groups in total. The second-order valence-corrected chi connectivity index (χ2v) is 6.11. The Bertz CT molecular complexity index is 553. The van der Waals surface area contributed by atoms with Crippen molar-refractivity contribution < 1.29 is 19.4 Å². The number of methoxy groups -OCH3 is 1. The van der Waals surface area contributed by atoms with E-state index >= 15 is 0 Å². The first kappa shape index (κ1) is 15.8. The topological polar surface area (TPSA) is 75.6 Å². The number of carboxylic acids is 1. The van der Waals surface area contributed by atoms with Crippen LogP contribution in [-0.4, -0.2) is 29.6 Å². The molecule has 5 nitrogen and oxygen atoms in total. The van der Waals surface area contributed by atoms with Crippen LogP contribution in [0.5, 0.6) is 5.75 Å². The van der Waals surface area contributed by atoms with Gasteiger partial charge in [0.25, 0.3) is 5.91 Å². The highest BCUT2D eigenvalue weighted by Crippen LogP contribution is 2.30. The number of carboxylic acid groups (broad SMARTS) is 1. The smallest absolute Gasteiger partial charge is 0.329 e. The van der Waals surface area contributed by atoms with Crippen molar-refractivity contribution in [1.29, 1.82) is 0 Å². The van der Waals surface area contributed by atoms with Crippen LogP contribution < -0.4 is 10.1 Å². The summed E-state index contributed by atoms with van der Waals surface area (Å²) in [5, 5.41) is 12.2. The molecule has 1 amide bonds. The number of benzene rings is 1. The van der Waals surface area contributed by atoms with Gasteiger partial charge in [0.2, 0.25) is 0 Å². The van der Waals surface area contributed by atoms with E-state index in [0.717, 1.165) is 19.3 Å². The zero-order valence-electron chi connectivity index (χ0n) is 11.8. The molecule has 1 aliphatic carbocycles. The van der Waals surface area contributed by atoms with Gasteiger partial charge in [-0.1, -0.05) is 19.3 Å². The van der Waals surface area contributed by atoms with E-state index in [1.165, 1.54) is 0 Å². The van der Waals surface area contributed by atoms with Crippen molar-refractivity contribution in [3.8, 4) is 5.75 Å². The Morgan fingerprint density at radius 3 is 2.48 bits per heavy atom. The molecule has 1 aromatic carbocycles. The van der Waals surface area contributed by atoms with Crippen LogP contribution in [-0.2, 0) is 4.79 Å². The van der Waals surface area contributed by atoms with Crippen LogP contribution in [0, 0.1) is 0 Å². The maximum atomic E-state index is 12.3. The number of carbonyl (C=O) groups excluding carboxylic acids is 1. The van der Waals surface area contributed by atoms with Crippen LogP contribution in [0.1, 0.15) is 42.5 Å². The van der Waals surface area contributed by atoms with Crippen LogP contribution in [0.15, 0.2) is 22.7 Å². The average molecular weight is 356 g/mol. The molecule has 0 aromatic heterocycles. The molecule has 1 fully saturated rings. The zero-order chi connectivity index (χ0) is 15.5. The Labute approximate surface area is 131 Å². The Morgan fingerprint density at radius 2 is 1.95 bits per heavy atom. The van der Waals surface area contributed by atoms with Gasteiger partial charge < -0.3 is 15.2 Å². The number of rotatable bonds is 4. The van der Waals surface area contributed by atoms with Gasteiger partial charge in [-0.25, -0.2) is 4.79 Å². The number of amides is 1. The normalized spacial score (nSPS) is 17.0. The minimum absolute atomic E-state index is 0.373. The molecule has 1 saturated carbocycles. The third-order valence-corrected chi connectivity index (χ3v) is 4.50. The molecule has 0 saturated heterocycles. The summed E-state index contributed by atoms with van der Waals surface area (Å²) in [6, 6.07) is 4.93. The van der Waals surface area contributed by atoms with E-state index < -0.39 is 11.5 Å². The minimum atomic E-state index is -1.14. The van der Waals surface area contributed by atoms with Crippen molar-refractivity contribution in [3.63, 3.8) is 0 Å². The van der Waals surface area contributed by atoms with Gasteiger partial charge in [0.15, 0.2) is 0 Å². The van der Waals surface area contributed by atoms with E-state index in [2.05, 4.69) is 21.2 Å². The Morgan fingerprint density at radius 1 is 1.29 bits per heavy atom. The maximum absolute atomic E-state index is 12.3. The maximum Gasteiger partial charge on any atom is 0.329 e. The summed E-state index contributed by atoms with van der Waals surface area (Å²) in [6.45, 7) is 0. The molecule has 6 heteroatoms. The van der Waals surface area contributed by atoms with Gasteiger partial charge in [-0.2, -0.15) is 0 Å². The van der Waals surface area contributed by atoms with Gasteiger partial charge in [0.1, 0.15) is 11.3 Å². The lowest BCUT2D eigenvalue weighted by molar-refractivity contribution is -0.145.